The number of imidazole rings is 1. The van der Waals surface area contributed by atoms with Crippen LogP contribution < -0.4 is 5.32 Å². The lowest BCUT2D eigenvalue weighted by molar-refractivity contribution is -0.117. The Morgan fingerprint density at radius 3 is 2.78 bits per heavy atom. The van der Waals surface area contributed by atoms with E-state index in [9.17, 15) is 9.18 Å². The highest BCUT2D eigenvalue weighted by Crippen LogP contribution is 2.33. The van der Waals surface area contributed by atoms with Crippen LogP contribution in [0.2, 0.25) is 0 Å². The highest BCUT2D eigenvalue weighted by molar-refractivity contribution is 5.96. The second-order valence-electron chi connectivity index (χ2n) is 9.01. The van der Waals surface area contributed by atoms with E-state index in [1.54, 1.807) is 42.9 Å². The molecule has 1 aromatic carbocycles. The van der Waals surface area contributed by atoms with Crippen LogP contribution in [0.3, 0.4) is 0 Å². The zero-order valence-corrected chi connectivity index (χ0v) is 19.4. The Kier molecular flexibility index (Phi) is 4.78. The maximum absolute atomic E-state index is 14.5. The number of aromatic amines is 2. The number of pyridine rings is 3. The molecule has 7 rings (SSSR count). The predicted octanol–water partition coefficient (Wildman–Crippen LogP) is 5.11. The first-order chi connectivity index (χ1) is 18.1. The molecule has 1 aliphatic carbocycles. The van der Waals surface area contributed by atoms with Crippen molar-refractivity contribution in [2.45, 2.75) is 12.8 Å². The molecule has 3 N–H and O–H groups in total. The number of nitrogens with one attached hydrogen (secondary N) is 3. The molecular weight excluding hydrogens is 471 g/mol. The highest BCUT2D eigenvalue weighted by Gasteiger charge is 2.29. The summed E-state index contributed by atoms with van der Waals surface area (Å²) in [6.07, 6.45) is 6.79. The van der Waals surface area contributed by atoms with Gasteiger partial charge >= 0.3 is 0 Å². The summed E-state index contributed by atoms with van der Waals surface area (Å²) in [6, 6.07) is 13.9. The number of hydrogen-bond acceptors (Lipinski definition) is 6. The lowest BCUT2D eigenvalue weighted by Crippen LogP contribution is -2.13. The van der Waals surface area contributed by atoms with Gasteiger partial charge in [0.05, 0.1) is 28.6 Å². The fourth-order valence-corrected chi connectivity index (χ4v) is 4.39. The van der Waals surface area contributed by atoms with Crippen molar-refractivity contribution in [2.75, 3.05) is 5.32 Å². The van der Waals surface area contributed by atoms with E-state index < -0.39 is 0 Å². The summed E-state index contributed by atoms with van der Waals surface area (Å²) in [4.78, 5) is 33.5. The Balaban J connectivity index is 1.29. The normalized spacial score (nSPS) is 13.3. The molecule has 10 heteroatoms. The third-order valence-corrected chi connectivity index (χ3v) is 6.44. The van der Waals surface area contributed by atoms with Crippen LogP contribution in [-0.2, 0) is 4.79 Å². The standard InChI is InChI=1S/C27H19FN8O/c28-19-4-2-1-3-17(19)18-9-10-30-25-22(18)33-26(34-25)24-23-21(35-36-24)8-7-20(32-23)15-11-16(13-29-12-15)31-27(37)14-5-6-14/h1-4,7-14H,5-6H2,(H,31,37)(H,35,36)(H,30,33,34). The minimum atomic E-state index is -0.327. The molecule has 5 heterocycles. The molecular formula is C27H19FN8O. The molecule has 0 aliphatic heterocycles. The van der Waals surface area contributed by atoms with Gasteiger partial charge in [0, 0.05) is 35.0 Å². The van der Waals surface area contributed by atoms with Crippen molar-refractivity contribution in [2.24, 2.45) is 5.92 Å². The molecule has 0 atom stereocenters. The lowest BCUT2D eigenvalue weighted by atomic mass is 10.1. The van der Waals surface area contributed by atoms with Gasteiger partial charge in [-0.05, 0) is 43.2 Å². The maximum Gasteiger partial charge on any atom is 0.227 e. The van der Waals surface area contributed by atoms with Crippen LogP contribution >= 0.6 is 0 Å². The van der Waals surface area contributed by atoms with Crippen molar-refractivity contribution in [3.05, 3.63) is 72.9 Å². The van der Waals surface area contributed by atoms with E-state index in [-0.39, 0.29) is 17.6 Å². The maximum atomic E-state index is 14.5. The average molecular weight is 491 g/mol. The monoisotopic (exact) mass is 490 g/mol. The summed E-state index contributed by atoms with van der Waals surface area (Å²) in [6.45, 7) is 0. The Morgan fingerprint density at radius 1 is 1.03 bits per heavy atom. The number of amides is 1. The van der Waals surface area contributed by atoms with Gasteiger partial charge in [-0.25, -0.2) is 19.3 Å². The number of anilines is 1. The van der Waals surface area contributed by atoms with E-state index in [4.69, 9.17) is 4.98 Å². The van der Waals surface area contributed by atoms with Crippen LogP contribution in [0.5, 0.6) is 0 Å². The molecule has 37 heavy (non-hydrogen) atoms. The van der Waals surface area contributed by atoms with E-state index in [1.807, 2.05) is 18.2 Å². The van der Waals surface area contributed by atoms with Gasteiger partial charge in [0.2, 0.25) is 5.91 Å². The molecule has 6 aromatic rings. The van der Waals surface area contributed by atoms with Crippen molar-refractivity contribution in [1.29, 1.82) is 0 Å². The molecule has 180 valence electrons. The van der Waals surface area contributed by atoms with E-state index in [0.717, 1.165) is 23.9 Å². The summed E-state index contributed by atoms with van der Waals surface area (Å²) >= 11 is 0. The van der Waals surface area contributed by atoms with Gasteiger partial charge in [0.1, 0.15) is 11.3 Å². The number of hydrogen-bond donors (Lipinski definition) is 3. The first-order valence-electron chi connectivity index (χ1n) is 11.9. The largest absolute Gasteiger partial charge is 0.335 e. The third-order valence-electron chi connectivity index (χ3n) is 6.44. The zero-order chi connectivity index (χ0) is 24.9. The summed E-state index contributed by atoms with van der Waals surface area (Å²) in [5, 5.41) is 10.4. The predicted molar refractivity (Wildman–Crippen MR) is 137 cm³/mol. The van der Waals surface area contributed by atoms with Gasteiger partial charge in [-0.15, -0.1) is 0 Å². The van der Waals surface area contributed by atoms with Crippen LogP contribution in [0.1, 0.15) is 12.8 Å². The van der Waals surface area contributed by atoms with E-state index >= 15 is 0 Å². The number of nitrogens with zero attached hydrogens (tertiary/aromatic N) is 5. The fraction of sp³-hybridized carbons (Fsp3) is 0.111. The van der Waals surface area contributed by atoms with Gasteiger partial charge in [-0.2, -0.15) is 5.10 Å². The molecule has 1 amide bonds. The molecule has 5 aromatic heterocycles. The van der Waals surface area contributed by atoms with E-state index in [2.05, 4.69) is 35.5 Å². The lowest BCUT2D eigenvalue weighted by Gasteiger charge is -2.06. The number of halogens is 1. The van der Waals surface area contributed by atoms with Crippen LogP contribution in [0, 0.1) is 11.7 Å². The van der Waals surface area contributed by atoms with Gasteiger partial charge in [0.25, 0.3) is 0 Å². The molecule has 0 spiro atoms. The average Bonchev–Trinajstić information content (AvgIpc) is 3.55. The van der Waals surface area contributed by atoms with Crippen LogP contribution in [0.4, 0.5) is 10.1 Å². The van der Waals surface area contributed by atoms with Crippen molar-refractivity contribution in [3.63, 3.8) is 0 Å². The number of aromatic nitrogens is 7. The van der Waals surface area contributed by atoms with Crippen LogP contribution in [0.25, 0.3) is 56.1 Å². The van der Waals surface area contributed by atoms with Crippen LogP contribution in [-0.4, -0.2) is 41.0 Å². The van der Waals surface area contributed by atoms with Gasteiger partial charge in [-0.1, -0.05) is 18.2 Å². The van der Waals surface area contributed by atoms with Gasteiger partial charge in [-0.3, -0.25) is 14.9 Å². The third kappa shape index (κ3) is 3.79. The Bertz CT molecular complexity index is 1820. The van der Waals surface area contributed by atoms with E-state index in [1.165, 1.54) is 6.07 Å². The quantitative estimate of drug-likeness (QED) is 0.308. The second-order valence-corrected chi connectivity index (χ2v) is 9.01. The molecule has 1 saturated carbocycles. The first-order valence-corrected chi connectivity index (χ1v) is 11.9. The van der Waals surface area contributed by atoms with Crippen molar-refractivity contribution in [1.82, 2.24) is 35.1 Å². The molecule has 0 saturated heterocycles. The molecule has 1 fully saturated rings. The van der Waals surface area contributed by atoms with Gasteiger partial charge in [0.15, 0.2) is 17.2 Å². The number of carbonyl (C=O) groups is 1. The number of carbonyl (C=O) groups excluding carboxylic acids is 1. The molecule has 0 radical (unpaired) electrons. The van der Waals surface area contributed by atoms with E-state index in [0.29, 0.717) is 50.7 Å². The Morgan fingerprint density at radius 2 is 1.92 bits per heavy atom. The summed E-state index contributed by atoms with van der Waals surface area (Å²) in [7, 11) is 0. The topological polar surface area (TPSA) is 125 Å². The number of benzene rings is 1. The molecule has 1 aliphatic rings. The Labute approximate surface area is 209 Å². The summed E-state index contributed by atoms with van der Waals surface area (Å²) in [5.74, 6) is 0.258. The van der Waals surface area contributed by atoms with Crippen molar-refractivity contribution < 1.29 is 9.18 Å². The first kappa shape index (κ1) is 21.3. The van der Waals surface area contributed by atoms with Crippen molar-refractivity contribution >= 4 is 33.8 Å². The summed E-state index contributed by atoms with van der Waals surface area (Å²) in [5.41, 5.74) is 6.09. The molecule has 0 bridgehead atoms. The molecule has 9 nitrogen and oxygen atoms in total. The highest BCUT2D eigenvalue weighted by atomic mass is 19.1. The number of fused-ring (bicyclic) bond motifs is 2. The van der Waals surface area contributed by atoms with Gasteiger partial charge < -0.3 is 10.3 Å². The minimum absolute atomic E-state index is 0.0210. The smallest absolute Gasteiger partial charge is 0.227 e. The Hall–Kier alpha value is -4.99. The number of rotatable bonds is 5. The minimum Gasteiger partial charge on any atom is -0.335 e. The summed E-state index contributed by atoms with van der Waals surface area (Å²) < 4.78 is 14.5. The fourth-order valence-electron chi connectivity index (χ4n) is 4.39. The second kappa shape index (κ2) is 8.30. The number of H-pyrrole nitrogens is 2. The SMILES string of the molecule is O=C(Nc1cncc(-c2ccc3[nH]nc(-c4nc5nccc(-c6ccccc6F)c5[nH]4)c3n2)c1)C1CC1. The zero-order valence-electron chi connectivity index (χ0n) is 19.4. The van der Waals surface area contributed by atoms with Crippen molar-refractivity contribution in [3.8, 4) is 33.9 Å². The van der Waals surface area contributed by atoms with Crippen LogP contribution in [0.15, 0.2) is 67.1 Å². The molecule has 0 unspecified atom stereocenters.